The zero-order valence-electron chi connectivity index (χ0n) is 13.8. The predicted octanol–water partition coefficient (Wildman–Crippen LogP) is 2.58. The Kier molecular flexibility index (Phi) is 6.43. The number of hydrogen-bond donors (Lipinski definition) is 3. The van der Waals surface area contributed by atoms with E-state index in [0.717, 1.165) is 11.3 Å². The highest BCUT2D eigenvalue weighted by Crippen LogP contribution is 2.14. The van der Waals surface area contributed by atoms with Crippen molar-refractivity contribution < 1.29 is 14.6 Å². The number of hydrogen-bond acceptors (Lipinski definition) is 5. The van der Waals surface area contributed by atoms with Crippen molar-refractivity contribution in [2.24, 2.45) is 0 Å². The first kappa shape index (κ1) is 17.9. The third kappa shape index (κ3) is 5.59. The van der Waals surface area contributed by atoms with E-state index >= 15 is 0 Å². The van der Waals surface area contributed by atoms with Crippen molar-refractivity contribution in [1.82, 2.24) is 5.32 Å². The van der Waals surface area contributed by atoms with Crippen molar-refractivity contribution in [3.05, 3.63) is 65.9 Å². The summed E-state index contributed by atoms with van der Waals surface area (Å²) in [5.74, 6) is 0.483. The van der Waals surface area contributed by atoms with Crippen molar-refractivity contribution in [2.45, 2.75) is 6.42 Å². The summed E-state index contributed by atoms with van der Waals surface area (Å²) in [5, 5.41) is 23.9. The fourth-order valence-corrected chi connectivity index (χ4v) is 2.07. The van der Waals surface area contributed by atoms with Gasteiger partial charge in [-0.05, 0) is 48.4 Å². The quantitative estimate of drug-likeness (QED) is 0.410. The maximum Gasteiger partial charge on any atom is 0.263 e. The highest BCUT2D eigenvalue weighted by Gasteiger charge is 2.08. The number of amides is 1. The summed E-state index contributed by atoms with van der Waals surface area (Å²) >= 11 is 0. The van der Waals surface area contributed by atoms with E-state index in [0.29, 0.717) is 18.7 Å². The van der Waals surface area contributed by atoms with Gasteiger partial charge in [0, 0.05) is 18.4 Å². The van der Waals surface area contributed by atoms with Gasteiger partial charge in [0.15, 0.2) is 0 Å². The molecule has 0 spiro atoms. The van der Waals surface area contributed by atoms with Gasteiger partial charge in [-0.15, -0.1) is 0 Å². The van der Waals surface area contributed by atoms with Crippen molar-refractivity contribution >= 4 is 11.6 Å². The molecule has 0 aromatic heterocycles. The third-order valence-electron chi connectivity index (χ3n) is 3.47. The van der Waals surface area contributed by atoms with E-state index in [2.05, 4.69) is 10.6 Å². The van der Waals surface area contributed by atoms with E-state index in [4.69, 9.17) is 10.00 Å². The summed E-state index contributed by atoms with van der Waals surface area (Å²) < 4.78 is 5.09. The van der Waals surface area contributed by atoms with Crippen LogP contribution >= 0.6 is 0 Å². The number of aromatic hydroxyl groups is 1. The molecule has 2 aromatic carbocycles. The zero-order chi connectivity index (χ0) is 18.1. The number of anilines is 1. The minimum atomic E-state index is -0.442. The smallest absolute Gasteiger partial charge is 0.263 e. The van der Waals surface area contributed by atoms with Crippen LogP contribution in [0.1, 0.15) is 5.56 Å². The third-order valence-corrected chi connectivity index (χ3v) is 3.47. The molecule has 0 atom stereocenters. The topological polar surface area (TPSA) is 94.4 Å². The number of nitrogens with one attached hydrogen (secondary N) is 2. The van der Waals surface area contributed by atoms with Gasteiger partial charge in [0.25, 0.3) is 5.91 Å². The first-order valence-electron chi connectivity index (χ1n) is 7.69. The van der Waals surface area contributed by atoms with E-state index < -0.39 is 5.91 Å². The molecular formula is C19H19N3O3. The second-order valence-electron chi connectivity index (χ2n) is 5.22. The molecule has 6 heteroatoms. The number of carbonyl (C=O) groups is 1. The Morgan fingerprint density at radius 2 is 1.88 bits per heavy atom. The lowest BCUT2D eigenvalue weighted by Gasteiger charge is -2.06. The Morgan fingerprint density at radius 3 is 2.48 bits per heavy atom. The Balaban J connectivity index is 1.85. The first-order valence-corrected chi connectivity index (χ1v) is 7.69. The Morgan fingerprint density at radius 1 is 1.20 bits per heavy atom. The fourth-order valence-electron chi connectivity index (χ4n) is 2.07. The molecule has 0 saturated carbocycles. The molecule has 3 N–H and O–H groups in total. The number of nitriles is 1. The maximum absolute atomic E-state index is 12.0. The lowest BCUT2D eigenvalue weighted by Crippen LogP contribution is -2.27. The largest absolute Gasteiger partial charge is 0.508 e. The van der Waals surface area contributed by atoms with Gasteiger partial charge in [-0.25, -0.2) is 0 Å². The van der Waals surface area contributed by atoms with Gasteiger partial charge in [0.05, 0.1) is 7.11 Å². The second-order valence-corrected chi connectivity index (χ2v) is 5.22. The van der Waals surface area contributed by atoms with Crippen LogP contribution in [0.25, 0.3) is 0 Å². The van der Waals surface area contributed by atoms with E-state index in [1.54, 1.807) is 19.2 Å². The molecule has 0 radical (unpaired) electrons. The van der Waals surface area contributed by atoms with Crippen LogP contribution in [0.15, 0.2) is 60.3 Å². The molecule has 0 aliphatic rings. The Bertz CT molecular complexity index is 775. The molecule has 0 fully saturated rings. The van der Waals surface area contributed by atoms with E-state index in [1.807, 2.05) is 30.3 Å². The van der Waals surface area contributed by atoms with Gasteiger partial charge < -0.3 is 20.5 Å². The highest BCUT2D eigenvalue weighted by molar-refractivity contribution is 5.97. The zero-order valence-corrected chi connectivity index (χ0v) is 13.8. The highest BCUT2D eigenvalue weighted by atomic mass is 16.5. The summed E-state index contributed by atoms with van der Waals surface area (Å²) in [7, 11) is 1.61. The van der Waals surface area contributed by atoms with Crippen LogP contribution in [-0.2, 0) is 11.2 Å². The predicted molar refractivity (Wildman–Crippen MR) is 95.1 cm³/mol. The molecular weight excluding hydrogens is 318 g/mol. The number of ether oxygens (including phenoxy) is 1. The number of phenols is 1. The Labute approximate surface area is 146 Å². The molecule has 1 amide bonds. The molecule has 2 aromatic rings. The van der Waals surface area contributed by atoms with E-state index in [-0.39, 0.29) is 11.3 Å². The summed E-state index contributed by atoms with van der Waals surface area (Å²) in [6.45, 7) is 0.420. The maximum atomic E-state index is 12.0. The molecule has 0 heterocycles. The van der Waals surface area contributed by atoms with E-state index in [1.165, 1.54) is 18.3 Å². The summed E-state index contributed by atoms with van der Waals surface area (Å²) in [6, 6.07) is 15.8. The number of carbonyl (C=O) groups excluding carboxylic acids is 1. The lowest BCUT2D eigenvalue weighted by atomic mass is 10.1. The normalized spacial score (nSPS) is 10.6. The lowest BCUT2D eigenvalue weighted by molar-refractivity contribution is -0.117. The van der Waals surface area contributed by atoms with Crippen LogP contribution in [0.2, 0.25) is 0 Å². The van der Waals surface area contributed by atoms with E-state index in [9.17, 15) is 9.90 Å². The molecule has 128 valence electrons. The van der Waals surface area contributed by atoms with Gasteiger partial charge >= 0.3 is 0 Å². The standard InChI is InChI=1S/C19H19N3O3/c1-25-18-8-2-14(3-9-18)10-11-21-19(24)15(12-20)13-22-16-4-6-17(23)7-5-16/h2-9,13,22-23H,10-11H2,1H3,(H,21,24)/b15-13-. The average Bonchev–Trinajstić information content (AvgIpc) is 2.64. The van der Waals surface area contributed by atoms with Gasteiger partial charge in [-0.1, -0.05) is 12.1 Å². The van der Waals surface area contributed by atoms with Crippen LogP contribution < -0.4 is 15.4 Å². The second kappa shape index (κ2) is 8.99. The van der Waals surface area contributed by atoms with Gasteiger partial charge in [0.1, 0.15) is 23.1 Å². The molecule has 0 unspecified atom stereocenters. The van der Waals surface area contributed by atoms with Gasteiger partial charge in [-0.2, -0.15) is 5.26 Å². The van der Waals surface area contributed by atoms with Crippen molar-refractivity contribution in [3.8, 4) is 17.6 Å². The SMILES string of the molecule is COc1ccc(CCNC(=O)/C(C#N)=C\Nc2ccc(O)cc2)cc1. The minimum Gasteiger partial charge on any atom is -0.508 e. The first-order chi connectivity index (χ1) is 12.1. The molecule has 6 nitrogen and oxygen atoms in total. The van der Waals surface area contributed by atoms with Crippen LogP contribution in [-0.4, -0.2) is 24.7 Å². The molecule has 25 heavy (non-hydrogen) atoms. The van der Waals surface area contributed by atoms with Crippen LogP contribution in [0, 0.1) is 11.3 Å². The molecule has 0 saturated heterocycles. The summed E-state index contributed by atoms with van der Waals surface area (Å²) in [6.07, 6.45) is 1.99. The number of phenolic OH excluding ortho intramolecular Hbond substituents is 1. The summed E-state index contributed by atoms with van der Waals surface area (Å²) in [4.78, 5) is 12.0. The molecule has 0 bridgehead atoms. The van der Waals surface area contributed by atoms with Crippen molar-refractivity contribution in [3.63, 3.8) is 0 Å². The molecule has 0 aliphatic heterocycles. The van der Waals surface area contributed by atoms with Crippen LogP contribution in [0.5, 0.6) is 11.5 Å². The van der Waals surface area contributed by atoms with Crippen molar-refractivity contribution in [1.29, 1.82) is 5.26 Å². The molecule has 0 aliphatic carbocycles. The van der Waals surface area contributed by atoms with Gasteiger partial charge in [-0.3, -0.25) is 4.79 Å². The fraction of sp³-hybridized carbons (Fsp3) is 0.158. The minimum absolute atomic E-state index is 0.0252. The molecule has 2 rings (SSSR count). The average molecular weight is 337 g/mol. The Hall–Kier alpha value is -3.46. The van der Waals surface area contributed by atoms with Crippen LogP contribution in [0.4, 0.5) is 5.69 Å². The van der Waals surface area contributed by atoms with Crippen molar-refractivity contribution in [2.75, 3.05) is 19.0 Å². The number of rotatable bonds is 7. The monoisotopic (exact) mass is 337 g/mol. The number of benzene rings is 2. The van der Waals surface area contributed by atoms with Gasteiger partial charge in [0.2, 0.25) is 0 Å². The summed E-state index contributed by atoms with van der Waals surface area (Å²) in [5.41, 5.74) is 1.70. The number of methoxy groups -OCH3 is 1. The van der Waals surface area contributed by atoms with Crippen LogP contribution in [0.3, 0.4) is 0 Å². The number of nitrogens with zero attached hydrogens (tertiary/aromatic N) is 1.